The Morgan fingerprint density at radius 2 is 2.18 bits per heavy atom. The number of nitrogens with zero attached hydrogens (tertiary/aromatic N) is 1. The van der Waals surface area contributed by atoms with Gasteiger partial charge in [-0.05, 0) is 48.2 Å². The first-order chi connectivity index (χ1) is 8.16. The van der Waals surface area contributed by atoms with Crippen molar-refractivity contribution in [1.82, 2.24) is 4.98 Å². The number of aryl methyl sites for hydroxylation is 1. The summed E-state index contributed by atoms with van der Waals surface area (Å²) in [6.45, 7) is 2.09. The normalized spacial score (nSPS) is 12.4. The third-order valence-corrected chi connectivity index (χ3v) is 3.31. The molecule has 2 N–H and O–H groups in total. The second-order valence-corrected chi connectivity index (χ2v) is 5.09. The average molecular weight is 291 g/mol. The van der Waals surface area contributed by atoms with Gasteiger partial charge in [-0.1, -0.05) is 28.1 Å². The smallest absolute Gasteiger partial charge is 0.0339 e. The lowest BCUT2D eigenvalue weighted by molar-refractivity contribution is 0.714. The zero-order valence-electron chi connectivity index (χ0n) is 9.73. The Morgan fingerprint density at radius 1 is 1.35 bits per heavy atom. The van der Waals surface area contributed by atoms with Crippen molar-refractivity contribution in [1.29, 1.82) is 0 Å². The summed E-state index contributed by atoms with van der Waals surface area (Å²) < 4.78 is 1.07. The third-order valence-electron chi connectivity index (χ3n) is 2.82. The Kier molecular flexibility index (Phi) is 3.92. The van der Waals surface area contributed by atoms with Crippen LogP contribution < -0.4 is 5.73 Å². The molecule has 1 aromatic heterocycles. The predicted octanol–water partition coefficient (Wildman–Crippen LogP) is 3.40. The summed E-state index contributed by atoms with van der Waals surface area (Å²) in [5.74, 6) is 0. The summed E-state index contributed by atoms with van der Waals surface area (Å²) >= 11 is 3.48. The number of nitrogens with two attached hydrogens (primary N) is 1. The highest BCUT2D eigenvalue weighted by molar-refractivity contribution is 9.10. The molecule has 0 amide bonds. The summed E-state index contributed by atoms with van der Waals surface area (Å²) in [5.41, 5.74) is 9.82. The van der Waals surface area contributed by atoms with Gasteiger partial charge in [0.05, 0.1) is 0 Å². The average Bonchev–Trinajstić information content (AvgIpc) is 2.33. The van der Waals surface area contributed by atoms with Crippen molar-refractivity contribution in [3.63, 3.8) is 0 Å². The molecule has 1 unspecified atom stereocenters. The van der Waals surface area contributed by atoms with Gasteiger partial charge in [0, 0.05) is 22.9 Å². The lowest BCUT2D eigenvalue weighted by Crippen LogP contribution is -2.14. The van der Waals surface area contributed by atoms with Crippen LogP contribution in [0.25, 0.3) is 0 Å². The minimum atomic E-state index is 0.0108. The Bertz CT molecular complexity index is 497. The van der Waals surface area contributed by atoms with E-state index >= 15 is 0 Å². The summed E-state index contributed by atoms with van der Waals surface area (Å²) in [5, 5.41) is 0. The molecule has 0 bridgehead atoms. The SMILES string of the molecule is Cc1ccc(Br)cc1C(N)Cc1cccnc1. The predicted molar refractivity (Wildman–Crippen MR) is 73.7 cm³/mol. The Morgan fingerprint density at radius 3 is 2.88 bits per heavy atom. The Balaban J connectivity index is 2.20. The standard InChI is InChI=1S/C14H15BrN2/c1-10-4-5-12(15)8-13(10)14(16)7-11-3-2-6-17-9-11/h2-6,8-9,14H,7,16H2,1H3. The molecule has 17 heavy (non-hydrogen) atoms. The van der Waals surface area contributed by atoms with Gasteiger partial charge in [0.25, 0.3) is 0 Å². The largest absolute Gasteiger partial charge is 0.324 e. The van der Waals surface area contributed by atoms with Crippen LogP contribution in [0.3, 0.4) is 0 Å². The molecule has 0 saturated heterocycles. The first-order valence-corrected chi connectivity index (χ1v) is 6.36. The van der Waals surface area contributed by atoms with E-state index in [-0.39, 0.29) is 6.04 Å². The van der Waals surface area contributed by atoms with Gasteiger partial charge in [-0.15, -0.1) is 0 Å². The minimum absolute atomic E-state index is 0.0108. The van der Waals surface area contributed by atoms with Gasteiger partial charge >= 0.3 is 0 Å². The minimum Gasteiger partial charge on any atom is -0.324 e. The van der Waals surface area contributed by atoms with Gasteiger partial charge in [-0.25, -0.2) is 0 Å². The van der Waals surface area contributed by atoms with E-state index in [4.69, 9.17) is 5.73 Å². The van der Waals surface area contributed by atoms with Crippen molar-refractivity contribution >= 4 is 15.9 Å². The van der Waals surface area contributed by atoms with Crippen molar-refractivity contribution in [2.45, 2.75) is 19.4 Å². The molecule has 3 heteroatoms. The van der Waals surface area contributed by atoms with Crippen molar-refractivity contribution in [3.8, 4) is 0 Å². The number of halogens is 1. The quantitative estimate of drug-likeness (QED) is 0.941. The van der Waals surface area contributed by atoms with E-state index in [1.165, 1.54) is 16.7 Å². The fourth-order valence-corrected chi connectivity index (χ4v) is 2.27. The third kappa shape index (κ3) is 3.14. The molecule has 1 atom stereocenters. The maximum atomic E-state index is 6.25. The van der Waals surface area contributed by atoms with Crippen LogP contribution in [0.4, 0.5) is 0 Å². The molecule has 0 saturated carbocycles. The molecule has 2 rings (SSSR count). The van der Waals surface area contributed by atoms with Gasteiger partial charge in [0.2, 0.25) is 0 Å². The van der Waals surface area contributed by atoms with E-state index < -0.39 is 0 Å². The van der Waals surface area contributed by atoms with Crippen LogP contribution in [0.5, 0.6) is 0 Å². The van der Waals surface area contributed by atoms with Crippen LogP contribution in [0.1, 0.15) is 22.7 Å². The summed E-state index contributed by atoms with van der Waals surface area (Å²) in [4.78, 5) is 4.11. The van der Waals surface area contributed by atoms with Crippen molar-refractivity contribution in [2.75, 3.05) is 0 Å². The topological polar surface area (TPSA) is 38.9 Å². The zero-order chi connectivity index (χ0) is 12.3. The number of hydrogen-bond donors (Lipinski definition) is 1. The summed E-state index contributed by atoms with van der Waals surface area (Å²) in [6, 6.07) is 10.2. The highest BCUT2D eigenvalue weighted by Crippen LogP contribution is 2.23. The molecule has 0 aliphatic rings. The summed E-state index contributed by atoms with van der Waals surface area (Å²) in [6.07, 6.45) is 4.46. The van der Waals surface area contributed by atoms with Gasteiger partial charge in [0.1, 0.15) is 0 Å². The summed E-state index contributed by atoms with van der Waals surface area (Å²) in [7, 11) is 0. The van der Waals surface area contributed by atoms with E-state index in [1.54, 1.807) is 6.20 Å². The molecular weight excluding hydrogens is 276 g/mol. The Hall–Kier alpha value is -1.19. The van der Waals surface area contributed by atoms with Crippen LogP contribution in [-0.2, 0) is 6.42 Å². The maximum absolute atomic E-state index is 6.25. The number of pyridine rings is 1. The van der Waals surface area contributed by atoms with Crippen LogP contribution in [0.15, 0.2) is 47.2 Å². The van der Waals surface area contributed by atoms with E-state index in [9.17, 15) is 0 Å². The molecule has 0 aliphatic heterocycles. The van der Waals surface area contributed by atoms with Crippen LogP contribution >= 0.6 is 15.9 Å². The van der Waals surface area contributed by atoms with Crippen molar-refractivity contribution in [3.05, 3.63) is 63.9 Å². The fraction of sp³-hybridized carbons (Fsp3) is 0.214. The highest BCUT2D eigenvalue weighted by atomic mass is 79.9. The zero-order valence-corrected chi connectivity index (χ0v) is 11.3. The first kappa shape index (κ1) is 12.3. The second kappa shape index (κ2) is 5.43. The van der Waals surface area contributed by atoms with E-state index in [2.05, 4.69) is 46.0 Å². The molecule has 0 spiro atoms. The number of aromatic nitrogens is 1. The highest BCUT2D eigenvalue weighted by Gasteiger charge is 2.10. The molecule has 88 valence electrons. The van der Waals surface area contributed by atoms with Crippen LogP contribution in [0, 0.1) is 6.92 Å². The molecular formula is C14H15BrN2. The van der Waals surface area contributed by atoms with Crippen LogP contribution in [0.2, 0.25) is 0 Å². The van der Waals surface area contributed by atoms with E-state index in [0.717, 1.165) is 10.9 Å². The van der Waals surface area contributed by atoms with Gasteiger partial charge < -0.3 is 5.73 Å². The van der Waals surface area contributed by atoms with E-state index in [0.29, 0.717) is 0 Å². The molecule has 0 fully saturated rings. The second-order valence-electron chi connectivity index (χ2n) is 4.17. The molecule has 0 aliphatic carbocycles. The van der Waals surface area contributed by atoms with Crippen molar-refractivity contribution < 1.29 is 0 Å². The lowest BCUT2D eigenvalue weighted by atomic mass is 9.97. The number of hydrogen-bond acceptors (Lipinski definition) is 2. The maximum Gasteiger partial charge on any atom is 0.0339 e. The fourth-order valence-electron chi connectivity index (χ4n) is 1.89. The van der Waals surface area contributed by atoms with Gasteiger partial charge in [0.15, 0.2) is 0 Å². The number of rotatable bonds is 3. The monoisotopic (exact) mass is 290 g/mol. The molecule has 2 nitrogen and oxygen atoms in total. The number of benzene rings is 1. The van der Waals surface area contributed by atoms with E-state index in [1.807, 2.05) is 18.3 Å². The molecule has 1 heterocycles. The Labute approximate surface area is 110 Å². The first-order valence-electron chi connectivity index (χ1n) is 5.57. The lowest BCUT2D eigenvalue weighted by Gasteiger charge is -2.15. The van der Waals surface area contributed by atoms with Gasteiger partial charge in [-0.3, -0.25) is 4.98 Å². The van der Waals surface area contributed by atoms with Gasteiger partial charge in [-0.2, -0.15) is 0 Å². The van der Waals surface area contributed by atoms with Crippen LogP contribution in [-0.4, -0.2) is 4.98 Å². The molecule has 0 radical (unpaired) electrons. The van der Waals surface area contributed by atoms with Crippen molar-refractivity contribution in [2.24, 2.45) is 5.73 Å². The molecule has 2 aromatic rings. The molecule has 1 aromatic carbocycles.